The maximum Gasteiger partial charge on any atom is 0.131 e. The van der Waals surface area contributed by atoms with Crippen LogP contribution in [0.3, 0.4) is 0 Å². The van der Waals surface area contributed by atoms with Crippen molar-refractivity contribution in [1.29, 1.82) is 0 Å². The molecule has 0 unspecified atom stereocenters. The summed E-state index contributed by atoms with van der Waals surface area (Å²) in [5.41, 5.74) is 2.53. The molecule has 0 radical (unpaired) electrons. The molecule has 108 valence electrons. The van der Waals surface area contributed by atoms with Crippen LogP contribution in [-0.4, -0.2) is 19.5 Å². The monoisotopic (exact) mass is 308 g/mol. The van der Waals surface area contributed by atoms with Crippen LogP contribution < -0.4 is 0 Å². The van der Waals surface area contributed by atoms with E-state index in [0.29, 0.717) is 11.7 Å². The van der Waals surface area contributed by atoms with Crippen molar-refractivity contribution >= 4 is 11.6 Å². The molecule has 0 aromatic carbocycles. The molecule has 0 saturated carbocycles. The van der Waals surface area contributed by atoms with E-state index in [1.165, 1.54) is 0 Å². The van der Waals surface area contributed by atoms with Crippen molar-refractivity contribution in [3.63, 3.8) is 0 Å². The van der Waals surface area contributed by atoms with Gasteiger partial charge in [-0.3, -0.25) is 4.98 Å². The topological polar surface area (TPSA) is 43.6 Å². The van der Waals surface area contributed by atoms with Crippen molar-refractivity contribution in [3.05, 3.63) is 76.9 Å². The van der Waals surface area contributed by atoms with Crippen LogP contribution in [0.4, 0.5) is 0 Å². The summed E-state index contributed by atoms with van der Waals surface area (Å²) in [7, 11) is 0. The second-order valence-corrected chi connectivity index (χ2v) is 5.13. The highest BCUT2D eigenvalue weighted by Crippen LogP contribution is 2.07. The summed E-state index contributed by atoms with van der Waals surface area (Å²) in [6, 6.07) is 9.41. The van der Waals surface area contributed by atoms with E-state index in [2.05, 4.69) is 26.8 Å². The molecule has 0 aliphatic rings. The van der Waals surface area contributed by atoms with Crippen LogP contribution in [0.15, 0.2) is 48.9 Å². The summed E-state index contributed by atoms with van der Waals surface area (Å²) >= 11 is 5.84. The SMILES string of the molecule is Cc1nc(C#Cc2ccnc(Cl)c2)cn1Cc1ccccn1. The van der Waals surface area contributed by atoms with Crippen LogP contribution in [0.2, 0.25) is 5.15 Å². The van der Waals surface area contributed by atoms with Gasteiger partial charge in [0.1, 0.15) is 16.7 Å². The van der Waals surface area contributed by atoms with Crippen molar-refractivity contribution in [2.75, 3.05) is 0 Å². The number of imidazole rings is 1. The zero-order chi connectivity index (χ0) is 15.4. The minimum absolute atomic E-state index is 0.434. The maximum absolute atomic E-state index is 5.84. The predicted molar refractivity (Wildman–Crippen MR) is 85.5 cm³/mol. The first kappa shape index (κ1) is 14.3. The minimum atomic E-state index is 0.434. The van der Waals surface area contributed by atoms with E-state index in [9.17, 15) is 0 Å². The lowest BCUT2D eigenvalue weighted by Crippen LogP contribution is -2.01. The number of halogens is 1. The van der Waals surface area contributed by atoms with Crippen LogP contribution in [-0.2, 0) is 6.54 Å². The first-order valence-electron chi connectivity index (χ1n) is 6.78. The number of pyridine rings is 2. The van der Waals surface area contributed by atoms with E-state index in [1.54, 1.807) is 18.5 Å². The minimum Gasteiger partial charge on any atom is -0.328 e. The van der Waals surface area contributed by atoms with Gasteiger partial charge in [-0.25, -0.2) is 9.97 Å². The second kappa shape index (κ2) is 6.42. The van der Waals surface area contributed by atoms with Gasteiger partial charge in [0, 0.05) is 24.2 Å². The molecule has 0 aliphatic carbocycles. The second-order valence-electron chi connectivity index (χ2n) is 4.74. The summed E-state index contributed by atoms with van der Waals surface area (Å²) in [6.45, 7) is 2.64. The highest BCUT2D eigenvalue weighted by molar-refractivity contribution is 6.29. The number of rotatable bonds is 2. The normalized spacial score (nSPS) is 10.1. The average Bonchev–Trinajstić information content (AvgIpc) is 2.87. The van der Waals surface area contributed by atoms with Crippen LogP contribution in [0.1, 0.15) is 22.8 Å². The Balaban J connectivity index is 1.81. The first-order chi connectivity index (χ1) is 10.7. The molecule has 0 spiro atoms. The van der Waals surface area contributed by atoms with Gasteiger partial charge in [0.05, 0.1) is 12.2 Å². The van der Waals surface area contributed by atoms with Gasteiger partial charge in [-0.2, -0.15) is 0 Å². The quantitative estimate of drug-likeness (QED) is 0.540. The van der Waals surface area contributed by atoms with Crippen molar-refractivity contribution < 1.29 is 0 Å². The molecule has 0 fully saturated rings. The number of nitrogens with zero attached hydrogens (tertiary/aromatic N) is 4. The fourth-order valence-electron chi connectivity index (χ4n) is 2.01. The molecule has 0 amide bonds. The highest BCUT2D eigenvalue weighted by atomic mass is 35.5. The fraction of sp³-hybridized carbons (Fsp3) is 0.118. The van der Waals surface area contributed by atoms with Crippen molar-refractivity contribution in [3.8, 4) is 11.8 Å². The van der Waals surface area contributed by atoms with E-state index in [4.69, 9.17) is 11.6 Å². The number of hydrogen-bond acceptors (Lipinski definition) is 3. The third-order valence-corrected chi connectivity index (χ3v) is 3.30. The van der Waals surface area contributed by atoms with Gasteiger partial charge in [-0.1, -0.05) is 23.6 Å². The van der Waals surface area contributed by atoms with Crippen molar-refractivity contribution in [1.82, 2.24) is 19.5 Å². The molecule has 0 bridgehead atoms. The Bertz CT molecular complexity index is 844. The van der Waals surface area contributed by atoms with Gasteiger partial charge in [-0.05, 0) is 37.1 Å². The summed E-state index contributed by atoms with van der Waals surface area (Å²) in [5, 5.41) is 0.434. The summed E-state index contributed by atoms with van der Waals surface area (Å²) in [5.74, 6) is 6.99. The van der Waals surface area contributed by atoms with Gasteiger partial charge >= 0.3 is 0 Å². The Labute approximate surface area is 133 Å². The van der Waals surface area contributed by atoms with E-state index < -0.39 is 0 Å². The maximum atomic E-state index is 5.84. The van der Waals surface area contributed by atoms with Crippen molar-refractivity contribution in [2.45, 2.75) is 13.5 Å². The Morgan fingerprint density at radius 1 is 1.14 bits per heavy atom. The molecule has 4 nitrogen and oxygen atoms in total. The van der Waals surface area contributed by atoms with Gasteiger partial charge in [0.25, 0.3) is 0 Å². The number of hydrogen-bond donors (Lipinski definition) is 0. The highest BCUT2D eigenvalue weighted by Gasteiger charge is 2.03. The lowest BCUT2D eigenvalue weighted by molar-refractivity contribution is 0.742. The molecule has 3 rings (SSSR count). The van der Waals surface area contributed by atoms with E-state index in [-0.39, 0.29) is 0 Å². The van der Waals surface area contributed by atoms with Crippen LogP contribution >= 0.6 is 11.6 Å². The zero-order valence-corrected chi connectivity index (χ0v) is 12.7. The van der Waals surface area contributed by atoms with E-state index in [0.717, 1.165) is 22.8 Å². The number of aromatic nitrogens is 4. The molecule has 0 aliphatic heterocycles. The zero-order valence-electron chi connectivity index (χ0n) is 12.0. The Morgan fingerprint density at radius 3 is 2.82 bits per heavy atom. The van der Waals surface area contributed by atoms with E-state index >= 15 is 0 Å². The predicted octanol–water partition coefficient (Wildman–Crippen LogP) is 3.08. The van der Waals surface area contributed by atoms with Crippen LogP contribution in [0.5, 0.6) is 0 Å². The Hall–Kier alpha value is -2.64. The summed E-state index contributed by atoms with van der Waals surface area (Å²) < 4.78 is 2.03. The van der Waals surface area contributed by atoms with Crippen molar-refractivity contribution in [2.24, 2.45) is 0 Å². The largest absolute Gasteiger partial charge is 0.328 e. The lowest BCUT2D eigenvalue weighted by Gasteiger charge is -2.02. The summed E-state index contributed by atoms with van der Waals surface area (Å²) in [4.78, 5) is 12.7. The van der Waals surface area contributed by atoms with E-state index in [1.807, 2.05) is 42.0 Å². The molecule has 0 atom stereocenters. The number of aryl methyl sites for hydroxylation is 1. The molecule has 3 heterocycles. The Morgan fingerprint density at radius 2 is 2.05 bits per heavy atom. The molecule has 22 heavy (non-hydrogen) atoms. The molecule has 0 N–H and O–H groups in total. The summed E-state index contributed by atoms with van der Waals surface area (Å²) in [6.07, 6.45) is 5.35. The molecular formula is C17H13ClN4. The molecule has 3 aromatic rings. The average molecular weight is 309 g/mol. The standard InChI is InChI=1S/C17H13ClN4/c1-13-21-16(6-5-14-7-9-20-17(18)10-14)12-22(13)11-15-4-2-3-8-19-15/h2-4,7-10,12H,11H2,1H3. The smallest absolute Gasteiger partial charge is 0.131 e. The lowest BCUT2D eigenvalue weighted by atomic mass is 10.2. The third-order valence-electron chi connectivity index (χ3n) is 3.10. The van der Waals surface area contributed by atoms with Crippen LogP contribution in [0.25, 0.3) is 0 Å². The van der Waals surface area contributed by atoms with Gasteiger partial charge in [0.15, 0.2) is 0 Å². The molecule has 5 heteroatoms. The van der Waals surface area contributed by atoms with Gasteiger partial charge in [-0.15, -0.1) is 0 Å². The molecule has 0 saturated heterocycles. The first-order valence-corrected chi connectivity index (χ1v) is 7.16. The molecule has 3 aromatic heterocycles. The third kappa shape index (κ3) is 3.51. The molecular weight excluding hydrogens is 296 g/mol. The van der Waals surface area contributed by atoms with Gasteiger partial charge in [0.2, 0.25) is 0 Å². The van der Waals surface area contributed by atoms with Gasteiger partial charge < -0.3 is 4.57 Å². The van der Waals surface area contributed by atoms with Crippen LogP contribution in [0, 0.1) is 18.8 Å². The fourth-order valence-corrected chi connectivity index (χ4v) is 2.19. The Kier molecular flexibility index (Phi) is 4.17.